The van der Waals surface area contributed by atoms with Gasteiger partial charge in [-0.3, -0.25) is 14.4 Å². The fourth-order valence-corrected chi connectivity index (χ4v) is 2.88. The third-order valence-corrected chi connectivity index (χ3v) is 4.07. The van der Waals surface area contributed by atoms with Gasteiger partial charge in [-0.15, -0.1) is 0 Å². The van der Waals surface area contributed by atoms with Crippen molar-refractivity contribution in [2.24, 2.45) is 11.8 Å². The summed E-state index contributed by atoms with van der Waals surface area (Å²) in [5.41, 5.74) is -0.872. The average molecular weight is 342 g/mol. The molecule has 0 aliphatic heterocycles. The highest BCUT2D eigenvalue weighted by Gasteiger charge is 2.40. The molecule has 0 saturated heterocycles. The van der Waals surface area contributed by atoms with Gasteiger partial charge in [0.05, 0.1) is 12.2 Å². The van der Waals surface area contributed by atoms with Crippen LogP contribution in [0.5, 0.6) is 0 Å². The summed E-state index contributed by atoms with van der Waals surface area (Å²) in [6, 6.07) is 3.70. The minimum Gasteiger partial charge on any atom is -0.465 e. The van der Waals surface area contributed by atoms with Crippen molar-refractivity contribution in [3.05, 3.63) is 35.4 Å². The van der Waals surface area contributed by atoms with Gasteiger partial charge in [-0.05, 0) is 31.4 Å². The van der Waals surface area contributed by atoms with Crippen LogP contribution in [0.15, 0.2) is 24.3 Å². The molecule has 2 rings (SSSR count). The Morgan fingerprint density at radius 3 is 2.33 bits per heavy atom. The summed E-state index contributed by atoms with van der Waals surface area (Å²) in [5, 5.41) is 0. The molecular formula is C17H17F3O4. The molecule has 0 heterocycles. The van der Waals surface area contributed by atoms with Gasteiger partial charge >= 0.3 is 12.1 Å². The molecule has 1 unspecified atom stereocenters. The third-order valence-electron chi connectivity index (χ3n) is 4.07. The molecule has 2 atom stereocenters. The molecule has 0 N–H and O–H groups in total. The molecule has 1 saturated carbocycles. The first-order chi connectivity index (χ1) is 11.2. The lowest BCUT2D eigenvalue weighted by atomic mass is 9.84. The second kappa shape index (κ2) is 7.15. The number of Topliss-reactive ketones (excluding diaryl/α,β-unsaturated/α-hetero) is 2. The Morgan fingerprint density at radius 2 is 1.88 bits per heavy atom. The maximum absolute atomic E-state index is 12.6. The Hall–Kier alpha value is -2.18. The van der Waals surface area contributed by atoms with Crippen LogP contribution in [-0.2, 0) is 20.5 Å². The highest BCUT2D eigenvalue weighted by Crippen LogP contribution is 2.33. The summed E-state index contributed by atoms with van der Waals surface area (Å²) in [7, 11) is 0. The second-order valence-corrected chi connectivity index (χ2v) is 5.71. The van der Waals surface area contributed by atoms with Crippen LogP contribution in [0.2, 0.25) is 0 Å². The van der Waals surface area contributed by atoms with Gasteiger partial charge in [-0.25, -0.2) is 0 Å². The lowest BCUT2D eigenvalue weighted by Gasteiger charge is -2.20. The molecule has 0 bridgehead atoms. The van der Waals surface area contributed by atoms with E-state index in [1.54, 1.807) is 6.92 Å². The number of carbonyl (C=O) groups excluding carboxylic acids is 3. The van der Waals surface area contributed by atoms with Crippen LogP contribution in [0.4, 0.5) is 13.2 Å². The molecule has 1 fully saturated rings. The number of hydrogen-bond donors (Lipinski definition) is 0. The monoisotopic (exact) mass is 342 g/mol. The minimum atomic E-state index is -4.50. The molecule has 0 aromatic heterocycles. The molecule has 1 aromatic rings. The van der Waals surface area contributed by atoms with Gasteiger partial charge in [0, 0.05) is 18.4 Å². The number of halogens is 3. The largest absolute Gasteiger partial charge is 0.465 e. The number of rotatable bonds is 5. The summed E-state index contributed by atoms with van der Waals surface area (Å²) in [4.78, 5) is 36.2. The summed E-state index contributed by atoms with van der Waals surface area (Å²) < 4.78 is 42.7. The van der Waals surface area contributed by atoms with Crippen LogP contribution in [0.3, 0.4) is 0 Å². The summed E-state index contributed by atoms with van der Waals surface area (Å²) in [5.74, 6) is -3.00. The minimum absolute atomic E-state index is 0.000372. The molecule has 7 heteroatoms. The smallest absolute Gasteiger partial charge is 0.416 e. The highest BCUT2D eigenvalue weighted by molar-refractivity contribution is 6.09. The molecule has 1 aliphatic rings. The topological polar surface area (TPSA) is 60.4 Å². The van der Waals surface area contributed by atoms with E-state index in [0.717, 1.165) is 24.3 Å². The van der Waals surface area contributed by atoms with Crippen LogP contribution in [0, 0.1) is 11.8 Å². The van der Waals surface area contributed by atoms with Gasteiger partial charge in [-0.1, -0.05) is 12.1 Å². The number of carbonyl (C=O) groups is 3. The highest BCUT2D eigenvalue weighted by atomic mass is 19.4. The van der Waals surface area contributed by atoms with Crippen molar-refractivity contribution < 1.29 is 32.3 Å². The van der Waals surface area contributed by atoms with Gasteiger partial charge in [0.2, 0.25) is 0 Å². The van der Waals surface area contributed by atoms with Crippen molar-refractivity contribution in [3.8, 4) is 0 Å². The van der Waals surface area contributed by atoms with Gasteiger partial charge in [0.1, 0.15) is 11.7 Å². The number of ketones is 2. The number of esters is 1. The Bertz CT molecular complexity index is 634. The van der Waals surface area contributed by atoms with Gasteiger partial charge in [-0.2, -0.15) is 13.2 Å². The predicted octanol–water partition coefficient (Wildman–Crippen LogP) is 3.44. The average Bonchev–Trinajstić information content (AvgIpc) is 2.93. The summed E-state index contributed by atoms with van der Waals surface area (Å²) >= 11 is 0. The molecular weight excluding hydrogens is 325 g/mol. The third kappa shape index (κ3) is 4.01. The van der Waals surface area contributed by atoms with E-state index in [1.165, 1.54) is 0 Å². The summed E-state index contributed by atoms with van der Waals surface area (Å²) in [6.07, 6.45) is -3.70. The zero-order valence-electron chi connectivity index (χ0n) is 13.1. The van der Waals surface area contributed by atoms with E-state index in [0.29, 0.717) is 12.8 Å². The maximum Gasteiger partial charge on any atom is 0.416 e. The first-order valence-corrected chi connectivity index (χ1v) is 7.63. The van der Waals surface area contributed by atoms with Crippen molar-refractivity contribution in [1.82, 2.24) is 0 Å². The van der Waals surface area contributed by atoms with Crippen molar-refractivity contribution >= 4 is 17.5 Å². The van der Waals surface area contributed by atoms with Crippen LogP contribution >= 0.6 is 0 Å². The van der Waals surface area contributed by atoms with E-state index in [-0.39, 0.29) is 24.4 Å². The van der Waals surface area contributed by atoms with E-state index in [9.17, 15) is 27.6 Å². The molecule has 1 aromatic carbocycles. The first kappa shape index (κ1) is 18.2. The Labute approximate surface area is 137 Å². The lowest BCUT2D eigenvalue weighted by Crippen LogP contribution is -2.32. The molecule has 0 spiro atoms. The quantitative estimate of drug-likeness (QED) is 0.467. The molecule has 0 radical (unpaired) electrons. The van der Waals surface area contributed by atoms with E-state index >= 15 is 0 Å². The number of ether oxygens (including phenoxy) is 1. The van der Waals surface area contributed by atoms with E-state index in [4.69, 9.17) is 4.74 Å². The molecule has 130 valence electrons. The van der Waals surface area contributed by atoms with Crippen molar-refractivity contribution in [1.29, 1.82) is 0 Å². The van der Waals surface area contributed by atoms with Crippen LogP contribution in [0.25, 0.3) is 0 Å². The SMILES string of the molecule is CCOC(=O)[C@@H](C(=O)c1ccc(C(F)(F)F)cc1)C1CCC(=O)C1. The van der Waals surface area contributed by atoms with Gasteiger partial charge in [0.25, 0.3) is 0 Å². The number of alkyl halides is 3. The molecule has 4 nitrogen and oxygen atoms in total. The fourth-order valence-electron chi connectivity index (χ4n) is 2.88. The maximum atomic E-state index is 12.6. The lowest BCUT2D eigenvalue weighted by molar-refractivity contribution is -0.147. The number of hydrogen-bond acceptors (Lipinski definition) is 4. The molecule has 1 aliphatic carbocycles. The Kier molecular flexibility index (Phi) is 5.41. The number of benzene rings is 1. The van der Waals surface area contributed by atoms with Crippen molar-refractivity contribution in [2.75, 3.05) is 6.61 Å². The summed E-state index contributed by atoms with van der Waals surface area (Å²) in [6.45, 7) is 1.67. The normalized spacial score (nSPS) is 19.2. The van der Waals surface area contributed by atoms with Crippen LogP contribution in [0.1, 0.15) is 42.1 Å². The molecule has 0 amide bonds. The van der Waals surface area contributed by atoms with Crippen LogP contribution in [-0.4, -0.2) is 24.1 Å². The second-order valence-electron chi connectivity index (χ2n) is 5.71. The Balaban J connectivity index is 2.26. The Morgan fingerprint density at radius 1 is 1.25 bits per heavy atom. The van der Waals surface area contributed by atoms with Crippen molar-refractivity contribution in [3.63, 3.8) is 0 Å². The van der Waals surface area contributed by atoms with E-state index < -0.39 is 35.3 Å². The zero-order valence-corrected chi connectivity index (χ0v) is 13.1. The predicted molar refractivity (Wildman–Crippen MR) is 78.2 cm³/mol. The fraction of sp³-hybridized carbons (Fsp3) is 0.471. The van der Waals surface area contributed by atoms with Crippen molar-refractivity contribution in [2.45, 2.75) is 32.4 Å². The standard InChI is InChI=1S/C17H17F3O4/c1-2-24-16(23)14(11-5-8-13(21)9-11)15(22)10-3-6-12(7-4-10)17(18,19)20/h3-4,6-7,11,14H,2,5,8-9H2,1H3/t11?,14-/m1/s1. The van der Waals surface area contributed by atoms with Crippen LogP contribution < -0.4 is 0 Å². The van der Waals surface area contributed by atoms with E-state index in [1.807, 2.05) is 0 Å². The first-order valence-electron chi connectivity index (χ1n) is 7.63. The molecule has 24 heavy (non-hydrogen) atoms. The van der Waals surface area contributed by atoms with E-state index in [2.05, 4.69) is 0 Å². The zero-order chi connectivity index (χ0) is 17.9. The van der Waals surface area contributed by atoms with Gasteiger partial charge in [0.15, 0.2) is 5.78 Å². The van der Waals surface area contributed by atoms with Gasteiger partial charge < -0.3 is 4.74 Å².